The van der Waals surface area contributed by atoms with Crippen LogP contribution in [0.4, 0.5) is 4.39 Å². The van der Waals surface area contributed by atoms with Crippen LogP contribution >= 0.6 is 0 Å². The normalized spacial score (nSPS) is 12.9. The molecule has 1 atom stereocenters. The van der Waals surface area contributed by atoms with Crippen molar-refractivity contribution in [3.63, 3.8) is 0 Å². The highest BCUT2D eigenvalue weighted by Gasteiger charge is 2.19. The molecule has 2 aromatic carbocycles. The molecule has 124 valence electrons. The average molecular weight is 337 g/mol. The van der Waals surface area contributed by atoms with Crippen molar-refractivity contribution in [3.05, 3.63) is 59.4 Å². The zero-order chi connectivity index (χ0) is 17.0. The molecular weight excluding hydrogens is 317 g/mol. The average Bonchev–Trinajstić information content (AvgIpc) is 2.54. The third-order valence-corrected chi connectivity index (χ3v) is 5.21. The van der Waals surface area contributed by atoms with E-state index in [2.05, 4.69) is 4.72 Å². The number of nitrogens with one attached hydrogen (secondary N) is 1. The van der Waals surface area contributed by atoms with Crippen LogP contribution in [-0.4, -0.2) is 15.5 Å². The Balaban J connectivity index is 2.20. The van der Waals surface area contributed by atoms with Crippen molar-refractivity contribution in [2.45, 2.75) is 31.2 Å². The van der Waals surface area contributed by atoms with Crippen molar-refractivity contribution in [1.82, 2.24) is 4.72 Å². The fraction of sp³-hybridized carbons (Fsp3) is 0.294. The topological polar surface area (TPSA) is 55.4 Å². The van der Waals surface area contributed by atoms with Crippen molar-refractivity contribution in [2.75, 3.05) is 7.11 Å². The van der Waals surface area contributed by atoms with Gasteiger partial charge in [-0.05, 0) is 48.7 Å². The van der Waals surface area contributed by atoms with Gasteiger partial charge in [-0.25, -0.2) is 17.5 Å². The summed E-state index contributed by atoms with van der Waals surface area (Å²) >= 11 is 0. The van der Waals surface area contributed by atoms with Gasteiger partial charge in [0.05, 0.1) is 12.0 Å². The molecular formula is C17H20FNO3S. The molecule has 0 heterocycles. The van der Waals surface area contributed by atoms with Crippen LogP contribution in [0, 0.1) is 5.82 Å². The Morgan fingerprint density at radius 3 is 2.35 bits per heavy atom. The van der Waals surface area contributed by atoms with Gasteiger partial charge >= 0.3 is 0 Å². The number of benzene rings is 2. The second kappa shape index (κ2) is 7.10. The first kappa shape index (κ1) is 17.4. The van der Waals surface area contributed by atoms with Crippen LogP contribution in [0.1, 0.15) is 31.0 Å². The lowest BCUT2D eigenvalue weighted by atomic mass is 10.1. The van der Waals surface area contributed by atoms with Gasteiger partial charge in [-0.2, -0.15) is 0 Å². The van der Waals surface area contributed by atoms with E-state index in [9.17, 15) is 12.8 Å². The van der Waals surface area contributed by atoms with Gasteiger partial charge in [0.1, 0.15) is 0 Å². The zero-order valence-electron chi connectivity index (χ0n) is 13.3. The van der Waals surface area contributed by atoms with Gasteiger partial charge in [0.2, 0.25) is 10.0 Å². The molecule has 4 nitrogen and oxygen atoms in total. The Kier molecular flexibility index (Phi) is 5.38. The highest BCUT2D eigenvalue weighted by Crippen LogP contribution is 2.23. The van der Waals surface area contributed by atoms with Crippen LogP contribution in [0.2, 0.25) is 0 Å². The van der Waals surface area contributed by atoms with Gasteiger partial charge in [-0.1, -0.05) is 25.1 Å². The first-order valence-corrected chi connectivity index (χ1v) is 8.80. The number of ether oxygens (including phenoxy) is 1. The van der Waals surface area contributed by atoms with E-state index in [1.807, 2.05) is 6.92 Å². The summed E-state index contributed by atoms with van der Waals surface area (Å²) < 4.78 is 45.9. The summed E-state index contributed by atoms with van der Waals surface area (Å²) in [5, 5.41) is 0. The summed E-state index contributed by atoms with van der Waals surface area (Å²) in [6, 6.07) is 10.5. The van der Waals surface area contributed by atoms with E-state index < -0.39 is 21.9 Å². The smallest absolute Gasteiger partial charge is 0.241 e. The molecule has 0 aliphatic carbocycles. The zero-order valence-corrected chi connectivity index (χ0v) is 14.2. The van der Waals surface area contributed by atoms with E-state index >= 15 is 0 Å². The van der Waals surface area contributed by atoms with Crippen molar-refractivity contribution in [2.24, 2.45) is 0 Å². The van der Waals surface area contributed by atoms with Crippen LogP contribution in [0.5, 0.6) is 5.75 Å². The van der Waals surface area contributed by atoms with Crippen LogP contribution < -0.4 is 9.46 Å². The number of halogens is 1. The number of hydrogen-bond acceptors (Lipinski definition) is 3. The summed E-state index contributed by atoms with van der Waals surface area (Å²) in [6.45, 7) is 3.67. The number of rotatable bonds is 6. The number of sulfonamides is 1. The maximum atomic E-state index is 13.7. The molecule has 0 aliphatic heterocycles. The Bertz CT molecular complexity index is 773. The van der Waals surface area contributed by atoms with Gasteiger partial charge in [-0.3, -0.25) is 0 Å². The summed E-state index contributed by atoms with van der Waals surface area (Å²) in [6.07, 6.45) is 0.843. The minimum absolute atomic E-state index is 0.124. The van der Waals surface area contributed by atoms with Gasteiger partial charge in [-0.15, -0.1) is 0 Å². The molecule has 0 spiro atoms. The molecule has 2 rings (SSSR count). The molecule has 23 heavy (non-hydrogen) atoms. The molecule has 6 heteroatoms. The lowest BCUT2D eigenvalue weighted by Crippen LogP contribution is -2.27. The summed E-state index contributed by atoms with van der Waals surface area (Å²) in [4.78, 5) is 0.190. The maximum absolute atomic E-state index is 13.7. The molecule has 2 aromatic rings. The molecule has 0 aromatic heterocycles. The Morgan fingerprint density at radius 2 is 1.83 bits per heavy atom. The molecule has 0 amide bonds. The van der Waals surface area contributed by atoms with Crippen molar-refractivity contribution in [3.8, 4) is 5.75 Å². The second-order valence-electron chi connectivity index (χ2n) is 5.23. The van der Waals surface area contributed by atoms with Gasteiger partial charge in [0.25, 0.3) is 0 Å². The highest BCUT2D eigenvalue weighted by molar-refractivity contribution is 7.89. The van der Waals surface area contributed by atoms with E-state index in [4.69, 9.17) is 4.74 Å². The summed E-state index contributed by atoms with van der Waals surface area (Å²) in [7, 11) is -2.29. The minimum atomic E-state index is -3.66. The maximum Gasteiger partial charge on any atom is 0.241 e. The molecule has 0 fully saturated rings. The quantitative estimate of drug-likeness (QED) is 0.878. The monoisotopic (exact) mass is 337 g/mol. The van der Waals surface area contributed by atoms with Crippen LogP contribution in [0.15, 0.2) is 47.4 Å². The van der Waals surface area contributed by atoms with E-state index in [0.717, 1.165) is 12.0 Å². The van der Waals surface area contributed by atoms with Gasteiger partial charge in [0.15, 0.2) is 11.6 Å². The van der Waals surface area contributed by atoms with Crippen molar-refractivity contribution < 1.29 is 17.5 Å². The molecule has 0 aliphatic rings. The molecule has 0 saturated heterocycles. The summed E-state index contributed by atoms with van der Waals surface area (Å²) in [5.41, 5.74) is 1.59. The first-order valence-electron chi connectivity index (χ1n) is 7.32. The van der Waals surface area contributed by atoms with Crippen molar-refractivity contribution >= 4 is 10.0 Å². The fourth-order valence-corrected chi connectivity index (χ4v) is 3.46. The SMILES string of the molecule is CCc1ccc(S(=O)(=O)NC(C)c2ccc(OC)c(F)c2)cc1. The predicted molar refractivity (Wildman–Crippen MR) is 87.5 cm³/mol. The van der Waals surface area contributed by atoms with E-state index in [1.54, 1.807) is 37.3 Å². The lowest BCUT2D eigenvalue weighted by Gasteiger charge is -2.15. The molecule has 0 radical (unpaired) electrons. The predicted octanol–water partition coefficient (Wildman–Crippen LogP) is 3.44. The van der Waals surface area contributed by atoms with E-state index in [1.165, 1.54) is 19.2 Å². The Hall–Kier alpha value is -1.92. The number of aryl methyl sites for hydroxylation is 1. The Labute approximate surface area is 136 Å². The van der Waals surface area contributed by atoms with Crippen LogP contribution in [-0.2, 0) is 16.4 Å². The Morgan fingerprint density at radius 1 is 1.17 bits per heavy atom. The standard InChI is InChI=1S/C17H20FNO3S/c1-4-13-5-8-15(9-6-13)23(20,21)19-12(2)14-7-10-17(22-3)16(18)11-14/h5-12,19H,4H2,1-3H3. The van der Waals surface area contributed by atoms with Gasteiger partial charge in [0, 0.05) is 6.04 Å². The number of hydrogen-bond donors (Lipinski definition) is 1. The third-order valence-electron chi connectivity index (χ3n) is 3.65. The number of methoxy groups -OCH3 is 1. The van der Waals surface area contributed by atoms with E-state index in [0.29, 0.717) is 5.56 Å². The van der Waals surface area contributed by atoms with Crippen LogP contribution in [0.3, 0.4) is 0 Å². The third kappa shape index (κ3) is 4.09. The van der Waals surface area contributed by atoms with Gasteiger partial charge < -0.3 is 4.74 Å². The molecule has 1 N–H and O–H groups in total. The minimum Gasteiger partial charge on any atom is -0.494 e. The largest absolute Gasteiger partial charge is 0.494 e. The fourth-order valence-electron chi connectivity index (χ4n) is 2.23. The molecule has 0 bridgehead atoms. The van der Waals surface area contributed by atoms with Crippen LogP contribution in [0.25, 0.3) is 0 Å². The lowest BCUT2D eigenvalue weighted by molar-refractivity contribution is 0.386. The second-order valence-corrected chi connectivity index (χ2v) is 6.95. The summed E-state index contributed by atoms with van der Waals surface area (Å²) in [5.74, 6) is -0.401. The van der Waals surface area contributed by atoms with E-state index in [-0.39, 0.29) is 10.6 Å². The first-order chi connectivity index (χ1) is 10.9. The molecule has 0 saturated carbocycles. The molecule has 1 unspecified atom stereocenters. The van der Waals surface area contributed by atoms with Crippen molar-refractivity contribution in [1.29, 1.82) is 0 Å². The highest BCUT2D eigenvalue weighted by atomic mass is 32.2.